The van der Waals surface area contributed by atoms with Crippen molar-refractivity contribution in [3.63, 3.8) is 0 Å². The van der Waals surface area contributed by atoms with E-state index in [-0.39, 0.29) is 18.3 Å². The van der Waals surface area contributed by atoms with E-state index < -0.39 is 5.82 Å². The van der Waals surface area contributed by atoms with Crippen molar-refractivity contribution < 1.29 is 13.9 Å². The van der Waals surface area contributed by atoms with Crippen molar-refractivity contribution in [3.8, 4) is 5.75 Å². The zero-order valence-electron chi connectivity index (χ0n) is 11.3. The lowest BCUT2D eigenvalue weighted by Crippen LogP contribution is -2.31. The highest BCUT2D eigenvalue weighted by molar-refractivity contribution is 9.10. The van der Waals surface area contributed by atoms with Crippen LogP contribution in [0.15, 0.2) is 46.9 Å². The molecule has 0 saturated heterocycles. The molecular weight excluding hydrogens is 339 g/mol. The lowest BCUT2D eigenvalue weighted by Gasteiger charge is -2.18. The van der Waals surface area contributed by atoms with Crippen molar-refractivity contribution in [1.82, 2.24) is 0 Å². The van der Waals surface area contributed by atoms with Crippen LogP contribution in [-0.4, -0.2) is 19.6 Å². The number of rotatable bonds is 4. The van der Waals surface area contributed by atoms with E-state index in [0.717, 1.165) is 0 Å². The molecule has 2 aromatic carbocycles. The van der Waals surface area contributed by atoms with Crippen LogP contribution in [-0.2, 0) is 4.79 Å². The van der Waals surface area contributed by atoms with Gasteiger partial charge in [-0.3, -0.25) is 4.79 Å². The highest BCUT2D eigenvalue weighted by Gasteiger charge is 2.13. The van der Waals surface area contributed by atoms with E-state index in [2.05, 4.69) is 15.9 Å². The van der Waals surface area contributed by atoms with Crippen LogP contribution in [0.2, 0.25) is 0 Å². The summed E-state index contributed by atoms with van der Waals surface area (Å²) in [6.07, 6.45) is 0. The highest BCUT2D eigenvalue weighted by atomic mass is 79.9. The van der Waals surface area contributed by atoms with E-state index in [1.165, 1.54) is 17.0 Å². The number of nitrogen functional groups attached to an aromatic ring is 1. The predicted molar refractivity (Wildman–Crippen MR) is 83.9 cm³/mol. The second-order valence-electron chi connectivity index (χ2n) is 4.41. The fourth-order valence-electron chi connectivity index (χ4n) is 1.67. The zero-order valence-corrected chi connectivity index (χ0v) is 12.9. The standard InChI is InChI=1S/C15H14BrFN2O2/c1-19(12-5-3-11(18)4-6-12)15(20)9-21-14-7-2-10(16)8-13(14)17/h2-8H,9,18H2,1H3. The van der Waals surface area contributed by atoms with Crippen molar-refractivity contribution in [2.75, 3.05) is 24.3 Å². The molecule has 0 aliphatic carbocycles. The molecule has 0 fully saturated rings. The van der Waals surface area contributed by atoms with Gasteiger partial charge in [0, 0.05) is 22.9 Å². The van der Waals surface area contributed by atoms with Gasteiger partial charge in [0.15, 0.2) is 18.2 Å². The largest absolute Gasteiger partial charge is 0.481 e. The third kappa shape index (κ3) is 3.95. The number of hydrogen-bond acceptors (Lipinski definition) is 3. The van der Waals surface area contributed by atoms with E-state index in [1.807, 2.05) is 0 Å². The Balaban J connectivity index is 1.99. The third-order valence-corrected chi connectivity index (χ3v) is 3.39. The Morgan fingerprint density at radius 3 is 2.57 bits per heavy atom. The SMILES string of the molecule is CN(C(=O)COc1ccc(Br)cc1F)c1ccc(N)cc1. The van der Waals surface area contributed by atoms with Crippen LogP contribution in [0.4, 0.5) is 15.8 Å². The number of carbonyl (C=O) groups is 1. The number of likely N-dealkylation sites (N-methyl/N-ethyl adjacent to an activating group) is 1. The molecule has 2 aromatic rings. The van der Waals surface area contributed by atoms with Crippen LogP contribution >= 0.6 is 15.9 Å². The van der Waals surface area contributed by atoms with Gasteiger partial charge in [-0.25, -0.2) is 4.39 Å². The van der Waals surface area contributed by atoms with Gasteiger partial charge in [-0.1, -0.05) is 15.9 Å². The highest BCUT2D eigenvalue weighted by Crippen LogP contribution is 2.21. The summed E-state index contributed by atoms with van der Waals surface area (Å²) in [7, 11) is 1.62. The van der Waals surface area contributed by atoms with E-state index in [4.69, 9.17) is 10.5 Å². The lowest BCUT2D eigenvalue weighted by molar-refractivity contribution is -0.120. The van der Waals surface area contributed by atoms with E-state index >= 15 is 0 Å². The molecule has 4 nitrogen and oxygen atoms in total. The van der Waals surface area contributed by atoms with Gasteiger partial charge in [-0.05, 0) is 42.5 Å². The first kappa shape index (κ1) is 15.3. The number of carbonyl (C=O) groups excluding carboxylic acids is 1. The van der Waals surface area contributed by atoms with Crippen molar-refractivity contribution in [1.29, 1.82) is 0 Å². The maximum atomic E-state index is 13.6. The minimum Gasteiger partial charge on any atom is -0.481 e. The summed E-state index contributed by atoms with van der Waals surface area (Å²) in [6.45, 7) is -0.251. The van der Waals surface area contributed by atoms with Crippen LogP contribution in [0.3, 0.4) is 0 Å². The second kappa shape index (κ2) is 6.58. The van der Waals surface area contributed by atoms with Crippen molar-refractivity contribution in [3.05, 3.63) is 52.8 Å². The van der Waals surface area contributed by atoms with Gasteiger partial charge in [0.2, 0.25) is 0 Å². The summed E-state index contributed by atoms with van der Waals surface area (Å²) in [4.78, 5) is 13.4. The minimum absolute atomic E-state index is 0.0391. The van der Waals surface area contributed by atoms with Gasteiger partial charge in [0.05, 0.1) is 0 Å². The molecule has 0 bridgehead atoms. The molecule has 0 unspecified atom stereocenters. The number of nitrogens with two attached hydrogens (primary N) is 1. The molecule has 6 heteroatoms. The molecule has 0 aliphatic rings. The number of anilines is 2. The number of ether oxygens (including phenoxy) is 1. The molecule has 110 valence electrons. The first-order valence-corrected chi connectivity index (χ1v) is 6.96. The molecule has 0 spiro atoms. The van der Waals surface area contributed by atoms with Crippen molar-refractivity contribution >= 4 is 33.2 Å². The van der Waals surface area contributed by atoms with Gasteiger partial charge in [0.1, 0.15) is 0 Å². The Hall–Kier alpha value is -2.08. The molecule has 21 heavy (non-hydrogen) atoms. The van der Waals surface area contributed by atoms with Gasteiger partial charge in [-0.2, -0.15) is 0 Å². The average Bonchev–Trinajstić information content (AvgIpc) is 2.46. The summed E-state index contributed by atoms with van der Waals surface area (Å²) in [5, 5.41) is 0. The number of benzene rings is 2. The molecular formula is C15H14BrFN2O2. The Bertz CT molecular complexity index is 647. The normalized spacial score (nSPS) is 10.2. The Morgan fingerprint density at radius 1 is 1.29 bits per heavy atom. The molecule has 0 radical (unpaired) electrons. The smallest absolute Gasteiger partial charge is 0.264 e. The monoisotopic (exact) mass is 352 g/mol. The fraction of sp³-hybridized carbons (Fsp3) is 0.133. The van der Waals surface area contributed by atoms with E-state index in [1.54, 1.807) is 37.4 Å². The molecule has 0 saturated carbocycles. The zero-order chi connectivity index (χ0) is 15.4. The third-order valence-electron chi connectivity index (χ3n) is 2.90. The number of halogens is 2. The summed E-state index contributed by atoms with van der Waals surface area (Å²) >= 11 is 3.15. The number of hydrogen-bond donors (Lipinski definition) is 1. The topological polar surface area (TPSA) is 55.6 Å². The molecule has 1 amide bonds. The van der Waals surface area contributed by atoms with Crippen LogP contribution in [0.25, 0.3) is 0 Å². The van der Waals surface area contributed by atoms with Gasteiger partial charge < -0.3 is 15.4 Å². The maximum absolute atomic E-state index is 13.6. The van der Waals surface area contributed by atoms with Crippen LogP contribution in [0.1, 0.15) is 0 Å². The maximum Gasteiger partial charge on any atom is 0.264 e. The molecule has 0 aromatic heterocycles. The summed E-state index contributed by atoms with van der Waals surface area (Å²) < 4.78 is 19.4. The van der Waals surface area contributed by atoms with E-state index in [9.17, 15) is 9.18 Å². The minimum atomic E-state index is -0.521. The first-order chi connectivity index (χ1) is 9.97. The Labute approximate surface area is 130 Å². The molecule has 0 heterocycles. The Kier molecular flexibility index (Phi) is 4.80. The second-order valence-corrected chi connectivity index (χ2v) is 5.32. The molecule has 2 rings (SSSR count). The number of nitrogens with zero attached hydrogens (tertiary/aromatic N) is 1. The average molecular weight is 353 g/mol. The summed E-state index contributed by atoms with van der Waals surface area (Å²) in [5.41, 5.74) is 6.90. The van der Waals surface area contributed by atoms with E-state index in [0.29, 0.717) is 15.8 Å². The van der Waals surface area contributed by atoms with Crippen LogP contribution in [0, 0.1) is 5.82 Å². The predicted octanol–water partition coefficient (Wildman–Crippen LogP) is 3.21. The first-order valence-electron chi connectivity index (χ1n) is 6.17. The van der Waals surface area contributed by atoms with Gasteiger partial charge in [0.25, 0.3) is 5.91 Å². The van der Waals surface area contributed by atoms with Gasteiger partial charge >= 0.3 is 0 Å². The lowest BCUT2D eigenvalue weighted by atomic mass is 10.2. The quantitative estimate of drug-likeness (QED) is 0.859. The molecule has 0 atom stereocenters. The molecule has 2 N–H and O–H groups in total. The van der Waals surface area contributed by atoms with Crippen LogP contribution < -0.4 is 15.4 Å². The van der Waals surface area contributed by atoms with Crippen LogP contribution in [0.5, 0.6) is 5.75 Å². The van der Waals surface area contributed by atoms with Crippen molar-refractivity contribution in [2.45, 2.75) is 0 Å². The summed E-state index contributed by atoms with van der Waals surface area (Å²) in [6, 6.07) is 11.3. The van der Waals surface area contributed by atoms with Crippen molar-refractivity contribution in [2.24, 2.45) is 0 Å². The van der Waals surface area contributed by atoms with Gasteiger partial charge in [-0.15, -0.1) is 0 Å². The molecule has 0 aliphatic heterocycles. The Morgan fingerprint density at radius 2 is 1.95 bits per heavy atom. The summed E-state index contributed by atoms with van der Waals surface area (Å²) in [5.74, 6) is -0.772. The fourth-order valence-corrected chi connectivity index (χ4v) is 2.00. The number of amides is 1.